The molecule has 0 unspecified atom stereocenters. The molecule has 1 aliphatic carbocycles. The number of nitrogens with two attached hydrogens (primary N) is 1. The number of ether oxygens (including phenoxy) is 1. The van der Waals surface area contributed by atoms with Crippen molar-refractivity contribution in [2.45, 2.75) is 50.7 Å². The van der Waals surface area contributed by atoms with Gasteiger partial charge in [0.05, 0.1) is 19.3 Å². The summed E-state index contributed by atoms with van der Waals surface area (Å²) < 4.78 is 5.75. The summed E-state index contributed by atoms with van der Waals surface area (Å²) >= 11 is 0. The number of aliphatic hydroxyl groups is 1. The Morgan fingerprint density at radius 2 is 2.00 bits per heavy atom. The topological polar surface area (TPSA) is 75.7 Å². The lowest BCUT2D eigenvalue weighted by Crippen LogP contribution is -2.57. The summed E-state index contributed by atoms with van der Waals surface area (Å²) in [5.41, 5.74) is 8.67. The molecular formula is C16H26ClNO3. The van der Waals surface area contributed by atoms with Crippen LogP contribution in [-0.2, 0) is 16.6 Å². The van der Waals surface area contributed by atoms with Gasteiger partial charge in [-0.15, -0.1) is 12.4 Å². The maximum absolute atomic E-state index is 9.80. The summed E-state index contributed by atoms with van der Waals surface area (Å²) in [6, 6.07) is 5.41. The van der Waals surface area contributed by atoms with E-state index in [1.807, 2.05) is 12.1 Å². The Morgan fingerprint density at radius 3 is 2.57 bits per heavy atom. The summed E-state index contributed by atoms with van der Waals surface area (Å²) in [7, 11) is 0. The molecule has 0 saturated carbocycles. The number of phenolic OH excluding ortho intramolecular Hbond substituents is 1. The predicted molar refractivity (Wildman–Crippen MR) is 86.1 cm³/mol. The molecule has 21 heavy (non-hydrogen) atoms. The average molecular weight is 316 g/mol. The third-order valence-electron chi connectivity index (χ3n) is 4.77. The van der Waals surface area contributed by atoms with Crippen molar-refractivity contribution in [1.29, 1.82) is 0 Å². The van der Waals surface area contributed by atoms with E-state index in [4.69, 9.17) is 15.6 Å². The molecule has 0 radical (unpaired) electrons. The number of rotatable bonds is 5. The van der Waals surface area contributed by atoms with Gasteiger partial charge in [0.1, 0.15) is 5.75 Å². The molecule has 1 aromatic carbocycles. The molecule has 0 amide bonds. The van der Waals surface area contributed by atoms with Crippen LogP contribution in [0.25, 0.3) is 0 Å². The van der Waals surface area contributed by atoms with Crippen LogP contribution in [-0.4, -0.2) is 35.6 Å². The van der Waals surface area contributed by atoms with Crippen LogP contribution in [0.15, 0.2) is 18.2 Å². The minimum absolute atomic E-state index is 0. The van der Waals surface area contributed by atoms with Gasteiger partial charge in [0, 0.05) is 17.9 Å². The van der Waals surface area contributed by atoms with Crippen LogP contribution < -0.4 is 5.73 Å². The Balaban J connectivity index is 0.00000220. The van der Waals surface area contributed by atoms with Crippen LogP contribution >= 0.6 is 12.4 Å². The number of hydrogen-bond acceptors (Lipinski definition) is 4. The van der Waals surface area contributed by atoms with Gasteiger partial charge >= 0.3 is 0 Å². The van der Waals surface area contributed by atoms with E-state index >= 15 is 0 Å². The van der Waals surface area contributed by atoms with Gasteiger partial charge in [-0.3, -0.25) is 0 Å². The summed E-state index contributed by atoms with van der Waals surface area (Å²) in [6.45, 7) is 4.59. The van der Waals surface area contributed by atoms with E-state index in [9.17, 15) is 5.11 Å². The number of fused-ring (bicyclic) bond motifs is 1. The predicted octanol–water partition coefficient (Wildman–Crippen LogP) is 2.13. The molecule has 4 N–H and O–H groups in total. The highest BCUT2D eigenvalue weighted by Crippen LogP contribution is 2.43. The second-order valence-electron chi connectivity index (χ2n) is 5.57. The molecule has 2 atom stereocenters. The fourth-order valence-corrected chi connectivity index (χ4v) is 3.55. The lowest BCUT2D eigenvalue weighted by Gasteiger charge is -2.47. The monoisotopic (exact) mass is 315 g/mol. The van der Waals surface area contributed by atoms with Crippen molar-refractivity contribution in [3.8, 4) is 5.75 Å². The molecule has 2 rings (SSSR count). The first kappa shape index (κ1) is 18.2. The molecule has 0 saturated heterocycles. The van der Waals surface area contributed by atoms with Crippen molar-refractivity contribution < 1.29 is 14.9 Å². The van der Waals surface area contributed by atoms with Crippen LogP contribution in [0.4, 0.5) is 0 Å². The van der Waals surface area contributed by atoms with Crippen LogP contribution in [0.1, 0.15) is 37.8 Å². The SMILES string of the molecule is CCC1(CC)c2cc(O)ccc2C[C@H](OCCO)[C@H]1N.Cl. The van der Waals surface area contributed by atoms with Gasteiger partial charge in [0.15, 0.2) is 0 Å². The number of aliphatic hydroxyl groups excluding tert-OH is 1. The van der Waals surface area contributed by atoms with Crippen molar-refractivity contribution in [1.82, 2.24) is 0 Å². The molecule has 4 nitrogen and oxygen atoms in total. The molecule has 5 heteroatoms. The van der Waals surface area contributed by atoms with Crippen LogP contribution in [0, 0.1) is 0 Å². The lowest BCUT2D eigenvalue weighted by atomic mass is 9.63. The maximum atomic E-state index is 9.80. The third kappa shape index (κ3) is 3.19. The highest BCUT2D eigenvalue weighted by molar-refractivity contribution is 5.85. The van der Waals surface area contributed by atoms with E-state index in [-0.39, 0.29) is 42.3 Å². The van der Waals surface area contributed by atoms with Gasteiger partial charge in [-0.25, -0.2) is 0 Å². The Morgan fingerprint density at radius 1 is 1.33 bits per heavy atom. The fourth-order valence-electron chi connectivity index (χ4n) is 3.55. The van der Waals surface area contributed by atoms with Gasteiger partial charge in [0.2, 0.25) is 0 Å². The fraction of sp³-hybridized carbons (Fsp3) is 0.625. The second kappa shape index (κ2) is 7.45. The van der Waals surface area contributed by atoms with Crippen molar-refractivity contribution >= 4 is 12.4 Å². The van der Waals surface area contributed by atoms with Gasteiger partial charge < -0.3 is 20.7 Å². The normalized spacial score (nSPS) is 23.2. The zero-order valence-electron chi connectivity index (χ0n) is 12.7. The first-order valence-corrected chi connectivity index (χ1v) is 7.39. The zero-order chi connectivity index (χ0) is 14.8. The average Bonchev–Trinajstić information content (AvgIpc) is 2.46. The summed E-state index contributed by atoms with van der Waals surface area (Å²) in [4.78, 5) is 0. The Kier molecular flexibility index (Phi) is 6.47. The standard InChI is InChI=1S/C16H25NO3.ClH/c1-3-16(4-2)13-10-12(19)6-5-11(13)9-14(15(16)17)20-8-7-18;/h5-6,10,14-15,18-19H,3-4,7-9,17H2,1-2H3;1H/t14-,15+;/m0./s1. The minimum atomic E-state index is -0.174. The van der Waals surface area contributed by atoms with Crippen LogP contribution in [0.5, 0.6) is 5.75 Å². The summed E-state index contributed by atoms with van der Waals surface area (Å²) in [5, 5.41) is 18.8. The minimum Gasteiger partial charge on any atom is -0.508 e. The van der Waals surface area contributed by atoms with Crippen LogP contribution in [0.3, 0.4) is 0 Å². The highest BCUT2D eigenvalue weighted by atomic mass is 35.5. The zero-order valence-corrected chi connectivity index (χ0v) is 13.5. The molecule has 0 fully saturated rings. The molecule has 0 spiro atoms. The van der Waals surface area contributed by atoms with Crippen molar-refractivity contribution in [3.05, 3.63) is 29.3 Å². The number of benzene rings is 1. The smallest absolute Gasteiger partial charge is 0.115 e. The largest absolute Gasteiger partial charge is 0.508 e. The van der Waals surface area contributed by atoms with Crippen molar-refractivity contribution in [2.24, 2.45) is 5.73 Å². The molecular weight excluding hydrogens is 290 g/mol. The molecule has 0 heterocycles. The van der Waals surface area contributed by atoms with Crippen molar-refractivity contribution in [3.63, 3.8) is 0 Å². The lowest BCUT2D eigenvalue weighted by molar-refractivity contribution is -0.0104. The third-order valence-corrected chi connectivity index (χ3v) is 4.77. The Bertz CT molecular complexity index is 463. The first-order valence-electron chi connectivity index (χ1n) is 7.39. The van der Waals surface area contributed by atoms with Crippen molar-refractivity contribution in [2.75, 3.05) is 13.2 Å². The summed E-state index contributed by atoms with van der Waals surface area (Å²) in [6.07, 6.45) is 2.46. The second-order valence-corrected chi connectivity index (χ2v) is 5.57. The van der Waals surface area contributed by atoms with E-state index in [1.54, 1.807) is 6.07 Å². The van der Waals surface area contributed by atoms with E-state index in [0.29, 0.717) is 6.61 Å². The van der Waals surface area contributed by atoms with Gasteiger partial charge in [-0.2, -0.15) is 0 Å². The van der Waals surface area contributed by atoms with Crippen LogP contribution in [0.2, 0.25) is 0 Å². The van der Waals surface area contributed by atoms with E-state index in [1.165, 1.54) is 5.56 Å². The molecule has 1 aliphatic rings. The van der Waals surface area contributed by atoms with Gasteiger partial charge in [0.25, 0.3) is 0 Å². The molecule has 1 aromatic rings. The van der Waals surface area contributed by atoms with Gasteiger partial charge in [-0.1, -0.05) is 19.9 Å². The van der Waals surface area contributed by atoms with E-state index < -0.39 is 0 Å². The Hall–Kier alpha value is -0.810. The highest BCUT2D eigenvalue weighted by Gasteiger charge is 2.45. The van der Waals surface area contributed by atoms with E-state index in [0.717, 1.165) is 24.8 Å². The quantitative estimate of drug-likeness (QED) is 0.778. The molecule has 0 bridgehead atoms. The number of phenols is 1. The maximum Gasteiger partial charge on any atom is 0.115 e. The Labute approximate surface area is 132 Å². The number of halogens is 1. The van der Waals surface area contributed by atoms with E-state index in [2.05, 4.69) is 13.8 Å². The molecule has 120 valence electrons. The first-order chi connectivity index (χ1) is 9.58. The number of hydrogen-bond donors (Lipinski definition) is 3. The summed E-state index contributed by atoms with van der Waals surface area (Å²) in [5.74, 6) is 0.289. The number of aromatic hydroxyl groups is 1. The van der Waals surface area contributed by atoms with Gasteiger partial charge in [-0.05, 0) is 36.1 Å². The molecule has 0 aliphatic heterocycles. The molecule has 0 aromatic heterocycles.